The molecule has 1 rings (SSSR count). The third-order valence-electron chi connectivity index (χ3n) is 3.11. The van der Waals surface area contributed by atoms with E-state index in [2.05, 4.69) is 26.1 Å². The Morgan fingerprint density at radius 2 is 1.65 bits per heavy atom. The molecule has 0 amide bonds. The molecule has 0 bridgehead atoms. The van der Waals surface area contributed by atoms with Crippen LogP contribution in [0, 0.1) is 11.6 Å². The van der Waals surface area contributed by atoms with Gasteiger partial charge in [0.2, 0.25) is 0 Å². The van der Waals surface area contributed by atoms with Gasteiger partial charge in [-0.1, -0.05) is 6.42 Å². The summed E-state index contributed by atoms with van der Waals surface area (Å²) in [7, 11) is 1.40. The lowest BCUT2D eigenvalue weighted by molar-refractivity contribution is 0.404. The van der Waals surface area contributed by atoms with Crippen LogP contribution in [0.5, 0.6) is 5.75 Å². The molecule has 0 unspecified atom stereocenters. The molecular formula is C16H25F2NO. The van der Waals surface area contributed by atoms with Crippen molar-refractivity contribution in [2.45, 2.75) is 52.0 Å². The monoisotopic (exact) mass is 285 g/mol. The summed E-state index contributed by atoms with van der Waals surface area (Å²) in [6.45, 7) is 7.29. The van der Waals surface area contributed by atoms with E-state index in [1.807, 2.05) is 0 Å². The van der Waals surface area contributed by atoms with Gasteiger partial charge in [0.15, 0.2) is 0 Å². The van der Waals surface area contributed by atoms with Gasteiger partial charge >= 0.3 is 0 Å². The minimum Gasteiger partial charge on any atom is -0.497 e. The summed E-state index contributed by atoms with van der Waals surface area (Å²) in [6.07, 6.45) is 3.17. The summed E-state index contributed by atoms with van der Waals surface area (Å²) in [5, 5.41) is 3.39. The van der Waals surface area contributed by atoms with Gasteiger partial charge in [0, 0.05) is 23.2 Å². The van der Waals surface area contributed by atoms with Crippen molar-refractivity contribution in [3.8, 4) is 5.75 Å². The van der Waals surface area contributed by atoms with E-state index in [0.29, 0.717) is 6.42 Å². The zero-order chi connectivity index (χ0) is 15.2. The van der Waals surface area contributed by atoms with Gasteiger partial charge in [-0.25, -0.2) is 8.78 Å². The SMILES string of the molecule is COc1cc(F)c(CCCCCNC(C)(C)C)c(F)c1. The maximum atomic E-state index is 13.7. The molecule has 0 heterocycles. The Kier molecular flexibility index (Phi) is 6.40. The van der Waals surface area contributed by atoms with Crippen molar-refractivity contribution < 1.29 is 13.5 Å². The van der Waals surface area contributed by atoms with Crippen LogP contribution in [0.15, 0.2) is 12.1 Å². The molecule has 4 heteroatoms. The summed E-state index contributed by atoms with van der Waals surface area (Å²) in [5.41, 5.74) is 0.281. The molecule has 2 nitrogen and oxygen atoms in total. The Morgan fingerprint density at radius 1 is 1.05 bits per heavy atom. The van der Waals surface area contributed by atoms with Crippen LogP contribution in [0.2, 0.25) is 0 Å². The third-order valence-corrected chi connectivity index (χ3v) is 3.11. The molecule has 20 heavy (non-hydrogen) atoms. The van der Waals surface area contributed by atoms with Crippen LogP contribution in [-0.2, 0) is 6.42 Å². The van der Waals surface area contributed by atoms with Crippen LogP contribution in [0.4, 0.5) is 8.78 Å². The van der Waals surface area contributed by atoms with Crippen molar-refractivity contribution >= 4 is 0 Å². The molecule has 0 spiro atoms. The maximum absolute atomic E-state index is 13.7. The first-order valence-electron chi connectivity index (χ1n) is 7.10. The summed E-state index contributed by atoms with van der Waals surface area (Å²) in [4.78, 5) is 0. The fourth-order valence-electron chi connectivity index (χ4n) is 2.00. The van der Waals surface area contributed by atoms with Crippen LogP contribution >= 0.6 is 0 Å². The second-order valence-corrected chi connectivity index (χ2v) is 6.06. The zero-order valence-corrected chi connectivity index (χ0v) is 12.9. The molecule has 0 aliphatic heterocycles. The summed E-state index contributed by atoms with van der Waals surface area (Å²) in [5.74, 6) is -0.817. The van der Waals surface area contributed by atoms with E-state index < -0.39 is 11.6 Å². The molecule has 1 aromatic carbocycles. The van der Waals surface area contributed by atoms with E-state index in [0.717, 1.165) is 25.8 Å². The van der Waals surface area contributed by atoms with Crippen LogP contribution in [-0.4, -0.2) is 19.2 Å². The van der Waals surface area contributed by atoms with Gasteiger partial charge in [-0.2, -0.15) is 0 Å². The molecule has 0 atom stereocenters. The number of benzene rings is 1. The molecule has 0 aromatic heterocycles. The highest BCUT2D eigenvalue weighted by atomic mass is 19.1. The molecular weight excluding hydrogens is 260 g/mol. The van der Waals surface area contributed by atoms with Crippen molar-refractivity contribution in [2.24, 2.45) is 0 Å². The van der Waals surface area contributed by atoms with E-state index in [1.165, 1.54) is 19.2 Å². The average molecular weight is 285 g/mol. The zero-order valence-electron chi connectivity index (χ0n) is 12.9. The Labute approximate surface area is 120 Å². The highest BCUT2D eigenvalue weighted by Crippen LogP contribution is 2.22. The Bertz CT molecular complexity index is 404. The number of nitrogens with one attached hydrogen (secondary N) is 1. The lowest BCUT2D eigenvalue weighted by Crippen LogP contribution is -2.36. The molecule has 0 aliphatic rings. The van der Waals surface area contributed by atoms with Gasteiger partial charge in [0.25, 0.3) is 0 Å². The molecule has 0 saturated heterocycles. The van der Waals surface area contributed by atoms with Gasteiger partial charge in [0.05, 0.1) is 7.11 Å². The molecule has 0 saturated carbocycles. The Balaban J connectivity index is 2.36. The third kappa shape index (κ3) is 5.87. The molecule has 0 aliphatic carbocycles. The smallest absolute Gasteiger partial charge is 0.133 e. The fraction of sp³-hybridized carbons (Fsp3) is 0.625. The number of hydrogen-bond acceptors (Lipinski definition) is 2. The second-order valence-electron chi connectivity index (χ2n) is 6.06. The van der Waals surface area contributed by atoms with Crippen molar-refractivity contribution in [2.75, 3.05) is 13.7 Å². The lowest BCUT2D eigenvalue weighted by Gasteiger charge is -2.20. The molecule has 0 fully saturated rings. The highest BCUT2D eigenvalue weighted by molar-refractivity contribution is 5.30. The first kappa shape index (κ1) is 16.9. The number of halogens is 2. The van der Waals surface area contributed by atoms with Gasteiger partial charge in [0.1, 0.15) is 17.4 Å². The van der Waals surface area contributed by atoms with Gasteiger partial charge in [-0.05, 0) is 46.6 Å². The van der Waals surface area contributed by atoms with E-state index in [9.17, 15) is 8.78 Å². The molecule has 0 radical (unpaired) electrons. The number of hydrogen-bond donors (Lipinski definition) is 1. The van der Waals surface area contributed by atoms with Crippen molar-refractivity contribution in [1.29, 1.82) is 0 Å². The quantitative estimate of drug-likeness (QED) is 0.762. The highest BCUT2D eigenvalue weighted by Gasteiger charge is 2.11. The van der Waals surface area contributed by atoms with Crippen molar-refractivity contribution in [1.82, 2.24) is 5.32 Å². The van der Waals surface area contributed by atoms with Crippen LogP contribution in [0.25, 0.3) is 0 Å². The molecule has 1 aromatic rings. The number of unbranched alkanes of at least 4 members (excludes halogenated alkanes) is 2. The fourth-order valence-corrected chi connectivity index (χ4v) is 2.00. The van der Waals surface area contributed by atoms with Crippen molar-refractivity contribution in [3.63, 3.8) is 0 Å². The number of ether oxygens (including phenoxy) is 1. The lowest BCUT2D eigenvalue weighted by atomic mass is 10.0. The number of methoxy groups -OCH3 is 1. The number of rotatable bonds is 7. The van der Waals surface area contributed by atoms with Crippen LogP contribution in [0.1, 0.15) is 45.6 Å². The van der Waals surface area contributed by atoms with E-state index in [4.69, 9.17) is 4.74 Å². The molecule has 114 valence electrons. The van der Waals surface area contributed by atoms with Crippen LogP contribution < -0.4 is 10.1 Å². The van der Waals surface area contributed by atoms with Crippen LogP contribution in [0.3, 0.4) is 0 Å². The second kappa shape index (κ2) is 7.58. The maximum Gasteiger partial charge on any atom is 0.133 e. The van der Waals surface area contributed by atoms with Gasteiger partial charge < -0.3 is 10.1 Å². The Hall–Kier alpha value is -1.16. The Morgan fingerprint density at radius 3 is 2.15 bits per heavy atom. The minimum absolute atomic E-state index is 0.119. The van der Waals surface area contributed by atoms with E-state index in [-0.39, 0.29) is 16.9 Å². The molecule has 1 N–H and O–H groups in total. The van der Waals surface area contributed by atoms with E-state index in [1.54, 1.807) is 0 Å². The first-order valence-corrected chi connectivity index (χ1v) is 7.10. The largest absolute Gasteiger partial charge is 0.497 e. The first-order chi connectivity index (χ1) is 9.33. The van der Waals surface area contributed by atoms with Crippen molar-refractivity contribution in [3.05, 3.63) is 29.3 Å². The van der Waals surface area contributed by atoms with Gasteiger partial charge in [-0.15, -0.1) is 0 Å². The summed E-state index contributed by atoms with van der Waals surface area (Å²) >= 11 is 0. The summed E-state index contributed by atoms with van der Waals surface area (Å²) in [6, 6.07) is 2.47. The normalized spacial score (nSPS) is 11.7. The van der Waals surface area contributed by atoms with Gasteiger partial charge in [-0.3, -0.25) is 0 Å². The minimum atomic E-state index is -0.519. The summed E-state index contributed by atoms with van der Waals surface area (Å²) < 4.78 is 32.2. The predicted molar refractivity (Wildman–Crippen MR) is 78.2 cm³/mol. The topological polar surface area (TPSA) is 21.3 Å². The average Bonchev–Trinajstić information content (AvgIpc) is 2.34. The van der Waals surface area contributed by atoms with E-state index >= 15 is 0 Å². The standard InChI is InChI=1S/C16H25F2NO/c1-16(2,3)19-9-7-5-6-8-13-14(17)10-12(20-4)11-15(13)18/h10-11,19H,5-9H2,1-4H3. The predicted octanol–water partition coefficient (Wildman–Crippen LogP) is 4.07.